The predicted octanol–water partition coefficient (Wildman–Crippen LogP) is 5.43. The van der Waals surface area contributed by atoms with Crippen molar-refractivity contribution in [2.75, 3.05) is 5.32 Å². The van der Waals surface area contributed by atoms with E-state index < -0.39 is 0 Å². The first-order chi connectivity index (χ1) is 9.87. The smallest absolute Gasteiger partial charge is 0.132 e. The first kappa shape index (κ1) is 14.7. The second-order valence-corrected chi connectivity index (χ2v) is 7.21. The molecule has 0 amide bonds. The molecule has 110 valence electrons. The molecule has 21 heavy (non-hydrogen) atoms. The maximum absolute atomic E-state index is 6.17. The molecular formula is C17H18Cl2N2. The molecule has 1 atom stereocenters. The van der Waals surface area contributed by atoms with Crippen LogP contribution in [0.4, 0.5) is 5.69 Å². The van der Waals surface area contributed by atoms with E-state index in [4.69, 9.17) is 23.2 Å². The van der Waals surface area contributed by atoms with E-state index in [0.717, 1.165) is 22.7 Å². The van der Waals surface area contributed by atoms with E-state index in [-0.39, 0.29) is 11.5 Å². The first-order valence-corrected chi connectivity index (χ1v) is 7.79. The Morgan fingerprint density at radius 2 is 2.00 bits per heavy atom. The van der Waals surface area contributed by atoms with E-state index in [0.29, 0.717) is 5.15 Å². The van der Waals surface area contributed by atoms with Crippen molar-refractivity contribution in [1.29, 1.82) is 0 Å². The number of benzene rings is 1. The number of pyridine rings is 1. The number of nitrogens with zero attached hydrogens (tertiary/aromatic N) is 1. The number of halogens is 2. The molecule has 4 heteroatoms. The van der Waals surface area contributed by atoms with Gasteiger partial charge in [0.25, 0.3) is 0 Å². The van der Waals surface area contributed by atoms with Crippen LogP contribution in [0.2, 0.25) is 10.2 Å². The van der Waals surface area contributed by atoms with Crippen LogP contribution in [0.25, 0.3) is 0 Å². The molecule has 0 fully saturated rings. The molecule has 3 rings (SSSR count). The van der Waals surface area contributed by atoms with Crippen LogP contribution in [0.1, 0.15) is 36.6 Å². The molecule has 1 aliphatic rings. The van der Waals surface area contributed by atoms with E-state index >= 15 is 0 Å². The fourth-order valence-electron chi connectivity index (χ4n) is 3.09. The second-order valence-electron chi connectivity index (χ2n) is 6.42. The summed E-state index contributed by atoms with van der Waals surface area (Å²) < 4.78 is 0. The van der Waals surface area contributed by atoms with Crippen molar-refractivity contribution >= 4 is 28.9 Å². The van der Waals surface area contributed by atoms with Crippen LogP contribution in [0.15, 0.2) is 30.5 Å². The van der Waals surface area contributed by atoms with Gasteiger partial charge in [-0.05, 0) is 53.6 Å². The average Bonchev–Trinajstić information content (AvgIpc) is 2.65. The fraction of sp³-hybridized carbons (Fsp3) is 0.353. The summed E-state index contributed by atoms with van der Waals surface area (Å²) in [4.78, 5) is 4.22. The summed E-state index contributed by atoms with van der Waals surface area (Å²) >= 11 is 12.2. The van der Waals surface area contributed by atoms with Crippen LogP contribution >= 0.6 is 23.2 Å². The number of nitrogens with one attached hydrogen (secondary N) is 1. The maximum Gasteiger partial charge on any atom is 0.132 e. The summed E-state index contributed by atoms with van der Waals surface area (Å²) in [5, 5.41) is 4.93. The molecule has 2 nitrogen and oxygen atoms in total. The molecule has 1 heterocycles. The summed E-state index contributed by atoms with van der Waals surface area (Å²) in [6.07, 6.45) is 2.82. The summed E-state index contributed by atoms with van der Waals surface area (Å²) in [7, 11) is 0. The van der Waals surface area contributed by atoms with Gasteiger partial charge >= 0.3 is 0 Å². The predicted molar refractivity (Wildman–Crippen MR) is 89.3 cm³/mol. The SMILES string of the molecule is Cc1cc(NC2c3cc(Cl)ccc3CC2(C)C)cnc1Cl. The molecule has 0 saturated heterocycles. The Hall–Kier alpha value is -1.25. The average molecular weight is 321 g/mol. The van der Waals surface area contributed by atoms with Crippen LogP contribution in [0.5, 0.6) is 0 Å². The zero-order valence-electron chi connectivity index (χ0n) is 12.4. The van der Waals surface area contributed by atoms with Crippen molar-refractivity contribution in [2.45, 2.75) is 33.2 Å². The zero-order valence-corrected chi connectivity index (χ0v) is 13.9. The first-order valence-electron chi connectivity index (χ1n) is 7.04. The topological polar surface area (TPSA) is 24.9 Å². The van der Waals surface area contributed by atoms with Crippen molar-refractivity contribution in [3.8, 4) is 0 Å². The second kappa shape index (κ2) is 5.19. The van der Waals surface area contributed by atoms with Crippen molar-refractivity contribution < 1.29 is 0 Å². The van der Waals surface area contributed by atoms with E-state index in [1.54, 1.807) is 6.20 Å². The van der Waals surface area contributed by atoms with E-state index in [1.807, 2.05) is 19.1 Å². The highest BCUT2D eigenvalue weighted by molar-refractivity contribution is 6.30. The Kier molecular flexibility index (Phi) is 3.62. The highest BCUT2D eigenvalue weighted by atomic mass is 35.5. The lowest BCUT2D eigenvalue weighted by Gasteiger charge is -2.29. The Labute approximate surface area is 135 Å². The summed E-state index contributed by atoms with van der Waals surface area (Å²) in [6.45, 7) is 6.51. The van der Waals surface area contributed by atoms with Gasteiger partial charge in [-0.25, -0.2) is 4.98 Å². The minimum Gasteiger partial charge on any atom is -0.376 e. The summed E-state index contributed by atoms with van der Waals surface area (Å²) in [5.74, 6) is 0. The van der Waals surface area contributed by atoms with Gasteiger partial charge in [0, 0.05) is 5.02 Å². The maximum atomic E-state index is 6.17. The van der Waals surface area contributed by atoms with E-state index in [9.17, 15) is 0 Å². The highest BCUT2D eigenvalue weighted by Crippen LogP contribution is 2.47. The van der Waals surface area contributed by atoms with Crippen LogP contribution in [0, 0.1) is 12.3 Å². The number of hydrogen-bond acceptors (Lipinski definition) is 2. The molecule has 1 aliphatic carbocycles. The molecule has 1 aromatic heterocycles. The van der Waals surface area contributed by atoms with E-state index in [1.165, 1.54) is 11.1 Å². The Morgan fingerprint density at radius 3 is 2.71 bits per heavy atom. The molecule has 1 N–H and O–H groups in total. The molecule has 0 saturated carbocycles. The number of aryl methyl sites for hydroxylation is 1. The number of aromatic nitrogens is 1. The van der Waals surface area contributed by atoms with Gasteiger partial charge < -0.3 is 5.32 Å². The van der Waals surface area contributed by atoms with Gasteiger partial charge in [-0.3, -0.25) is 0 Å². The van der Waals surface area contributed by atoms with Crippen molar-refractivity contribution in [3.05, 3.63) is 57.3 Å². The normalized spacial score (nSPS) is 19.4. The minimum atomic E-state index is 0.126. The molecule has 0 bridgehead atoms. The number of anilines is 1. The Morgan fingerprint density at radius 1 is 1.24 bits per heavy atom. The minimum absolute atomic E-state index is 0.126. The number of hydrogen-bond donors (Lipinski definition) is 1. The van der Waals surface area contributed by atoms with Gasteiger partial charge in [-0.1, -0.05) is 43.1 Å². The van der Waals surface area contributed by atoms with Crippen molar-refractivity contribution in [2.24, 2.45) is 5.41 Å². The molecule has 2 aromatic rings. The summed E-state index contributed by atoms with van der Waals surface area (Å²) in [6, 6.07) is 8.42. The lowest BCUT2D eigenvalue weighted by Crippen LogP contribution is -2.24. The molecule has 0 radical (unpaired) electrons. The van der Waals surface area contributed by atoms with Crippen molar-refractivity contribution in [3.63, 3.8) is 0 Å². The van der Waals surface area contributed by atoms with Crippen LogP contribution in [-0.4, -0.2) is 4.98 Å². The highest BCUT2D eigenvalue weighted by Gasteiger charge is 2.39. The van der Waals surface area contributed by atoms with E-state index in [2.05, 4.69) is 36.3 Å². The van der Waals surface area contributed by atoms with Crippen LogP contribution in [-0.2, 0) is 6.42 Å². The van der Waals surface area contributed by atoms with Gasteiger partial charge in [-0.15, -0.1) is 0 Å². The third-order valence-corrected chi connectivity index (χ3v) is 4.80. The lowest BCUT2D eigenvalue weighted by molar-refractivity contribution is 0.337. The quantitative estimate of drug-likeness (QED) is 0.746. The largest absolute Gasteiger partial charge is 0.376 e. The van der Waals surface area contributed by atoms with Gasteiger partial charge in [0.15, 0.2) is 0 Å². The zero-order chi connectivity index (χ0) is 15.2. The Bertz CT molecular complexity index is 695. The third kappa shape index (κ3) is 2.75. The molecule has 1 aromatic carbocycles. The lowest BCUT2D eigenvalue weighted by atomic mass is 9.85. The molecule has 1 unspecified atom stereocenters. The van der Waals surface area contributed by atoms with Crippen LogP contribution in [0.3, 0.4) is 0 Å². The molecule has 0 spiro atoms. The molecular weight excluding hydrogens is 303 g/mol. The van der Waals surface area contributed by atoms with Crippen molar-refractivity contribution in [1.82, 2.24) is 4.98 Å². The number of fused-ring (bicyclic) bond motifs is 1. The number of rotatable bonds is 2. The fourth-order valence-corrected chi connectivity index (χ4v) is 3.37. The van der Waals surface area contributed by atoms with Gasteiger partial charge in [0.2, 0.25) is 0 Å². The van der Waals surface area contributed by atoms with Gasteiger partial charge in [0.05, 0.1) is 17.9 Å². The third-order valence-electron chi connectivity index (χ3n) is 4.17. The Balaban J connectivity index is 1.97. The monoisotopic (exact) mass is 320 g/mol. The van der Waals surface area contributed by atoms with Crippen LogP contribution < -0.4 is 5.32 Å². The standard InChI is InChI=1S/C17H18Cl2N2/c1-10-6-13(9-20-16(10)19)21-15-14-7-12(18)5-4-11(14)8-17(15,2)3/h4-7,9,15,21H,8H2,1-3H3. The van der Waals surface area contributed by atoms with Gasteiger partial charge in [-0.2, -0.15) is 0 Å². The van der Waals surface area contributed by atoms with Gasteiger partial charge in [0.1, 0.15) is 5.15 Å². The molecule has 0 aliphatic heterocycles. The summed E-state index contributed by atoms with van der Waals surface area (Å²) in [5.41, 5.74) is 4.73.